The zero-order chi connectivity index (χ0) is 14.8. The molecule has 0 radical (unpaired) electrons. The molecule has 21 heavy (non-hydrogen) atoms. The van der Waals surface area contributed by atoms with E-state index in [0.29, 0.717) is 21.3 Å². The Kier molecular flexibility index (Phi) is 4.15. The number of rotatable bonds is 2. The molecule has 1 amide bonds. The van der Waals surface area contributed by atoms with Crippen LogP contribution in [-0.2, 0) is 13.0 Å². The van der Waals surface area contributed by atoms with Gasteiger partial charge in [-0.3, -0.25) is 4.79 Å². The molecule has 2 N–H and O–H groups in total. The zero-order valence-electron chi connectivity index (χ0n) is 11.2. The maximum absolute atomic E-state index is 12.5. The summed E-state index contributed by atoms with van der Waals surface area (Å²) in [7, 11) is 0. The highest BCUT2D eigenvalue weighted by molar-refractivity contribution is 6.44. The van der Waals surface area contributed by atoms with E-state index >= 15 is 0 Å². The van der Waals surface area contributed by atoms with Crippen molar-refractivity contribution in [3.63, 3.8) is 0 Å². The van der Waals surface area contributed by atoms with Gasteiger partial charge in [-0.25, -0.2) is 0 Å². The Morgan fingerprint density at radius 1 is 1.14 bits per heavy atom. The van der Waals surface area contributed by atoms with Gasteiger partial charge >= 0.3 is 0 Å². The number of halogens is 2. The van der Waals surface area contributed by atoms with Crippen molar-refractivity contribution in [1.29, 1.82) is 0 Å². The first-order valence-corrected chi connectivity index (χ1v) is 7.49. The SMILES string of the molecule is O=C(Nc1cccc(Cl)c1Cl)c1cccc2c1CCNC2. The monoisotopic (exact) mass is 320 g/mol. The highest BCUT2D eigenvalue weighted by Crippen LogP contribution is 2.30. The van der Waals surface area contributed by atoms with E-state index in [1.54, 1.807) is 18.2 Å². The Bertz CT molecular complexity index is 701. The van der Waals surface area contributed by atoms with E-state index in [1.807, 2.05) is 18.2 Å². The van der Waals surface area contributed by atoms with Crippen molar-refractivity contribution in [3.05, 3.63) is 63.1 Å². The molecule has 0 saturated carbocycles. The molecule has 0 bridgehead atoms. The van der Waals surface area contributed by atoms with Crippen LogP contribution < -0.4 is 10.6 Å². The van der Waals surface area contributed by atoms with E-state index in [9.17, 15) is 4.79 Å². The average molecular weight is 321 g/mol. The van der Waals surface area contributed by atoms with Gasteiger partial charge in [0.05, 0.1) is 15.7 Å². The van der Waals surface area contributed by atoms with Gasteiger partial charge < -0.3 is 10.6 Å². The van der Waals surface area contributed by atoms with E-state index in [0.717, 1.165) is 25.1 Å². The van der Waals surface area contributed by atoms with Gasteiger partial charge in [-0.05, 0) is 42.3 Å². The second-order valence-corrected chi connectivity index (χ2v) is 5.71. The van der Waals surface area contributed by atoms with E-state index in [4.69, 9.17) is 23.2 Å². The van der Waals surface area contributed by atoms with Gasteiger partial charge in [0, 0.05) is 12.1 Å². The summed E-state index contributed by atoms with van der Waals surface area (Å²) in [5.74, 6) is -0.155. The molecule has 5 heteroatoms. The van der Waals surface area contributed by atoms with Crippen LogP contribution in [0.5, 0.6) is 0 Å². The number of anilines is 1. The zero-order valence-corrected chi connectivity index (χ0v) is 12.8. The molecule has 2 aromatic carbocycles. The van der Waals surface area contributed by atoms with Crippen molar-refractivity contribution in [2.24, 2.45) is 0 Å². The summed E-state index contributed by atoms with van der Waals surface area (Å²) in [6.45, 7) is 1.68. The highest BCUT2D eigenvalue weighted by Gasteiger charge is 2.18. The molecule has 0 unspecified atom stereocenters. The summed E-state index contributed by atoms with van der Waals surface area (Å²) in [5.41, 5.74) is 3.50. The molecule has 0 aromatic heterocycles. The molecule has 0 saturated heterocycles. The molecule has 2 aromatic rings. The lowest BCUT2D eigenvalue weighted by atomic mass is 9.95. The number of hydrogen-bond donors (Lipinski definition) is 2. The molecule has 1 heterocycles. The topological polar surface area (TPSA) is 41.1 Å². The van der Waals surface area contributed by atoms with Gasteiger partial charge in [0.1, 0.15) is 0 Å². The van der Waals surface area contributed by atoms with Crippen LogP contribution in [0.15, 0.2) is 36.4 Å². The molecule has 0 spiro atoms. The normalized spacial score (nSPS) is 13.6. The van der Waals surface area contributed by atoms with Gasteiger partial charge in [0.15, 0.2) is 0 Å². The van der Waals surface area contributed by atoms with E-state index < -0.39 is 0 Å². The fraction of sp³-hybridized carbons (Fsp3) is 0.188. The first kappa shape index (κ1) is 14.4. The van der Waals surface area contributed by atoms with Crippen molar-refractivity contribution >= 4 is 34.8 Å². The molecule has 0 aliphatic carbocycles. The number of carbonyl (C=O) groups excluding carboxylic acids is 1. The summed E-state index contributed by atoms with van der Waals surface area (Å²) in [6, 6.07) is 11.0. The van der Waals surface area contributed by atoms with Crippen LogP contribution in [0.4, 0.5) is 5.69 Å². The predicted molar refractivity (Wildman–Crippen MR) is 86.3 cm³/mol. The molecular weight excluding hydrogens is 307 g/mol. The predicted octanol–water partition coefficient (Wildman–Crippen LogP) is 3.89. The molecule has 0 atom stereocenters. The fourth-order valence-electron chi connectivity index (χ4n) is 2.53. The maximum Gasteiger partial charge on any atom is 0.255 e. The molecule has 1 aliphatic heterocycles. The number of carbonyl (C=O) groups is 1. The van der Waals surface area contributed by atoms with Crippen LogP contribution in [0.3, 0.4) is 0 Å². The Balaban J connectivity index is 1.91. The van der Waals surface area contributed by atoms with Crippen LogP contribution in [0.2, 0.25) is 10.0 Å². The minimum Gasteiger partial charge on any atom is -0.321 e. The molecule has 3 nitrogen and oxygen atoms in total. The maximum atomic E-state index is 12.5. The summed E-state index contributed by atoms with van der Waals surface area (Å²) in [4.78, 5) is 12.5. The second kappa shape index (κ2) is 6.06. The Hall–Kier alpha value is -1.55. The lowest BCUT2D eigenvalue weighted by Gasteiger charge is -2.20. The van der Waals surface area contributed by atoms with Gasteiger partial charge in [-0.15, -0.1) is 0 Å². The number of benzene rings is 2. The first-order valence-electron chi connectivity index (χ1n) is 6.73. The van der Waals surface area contributed by atoms with Gasteiger partial charge in [0.25, 0.3) is 5.91 Å². The number of fused-ring (bicyclic) bond motifs is 1. The summed E-state index contributed by atoms with van der Waals surface area (Å²) >= 11 is 12.1. The van der Waals surface area contributed by atoms with Crippen LogP contribution in [0, 0.1) is 0 Å². The minimum absolute atomic E-state index is 0.155. The molecule has 3 rings (SSSR count). The van der Waals surface area contributed by atoms with E-state index in [1.165, 1.54) is 5.56 Å². The molecular formula is C16H14Cl2N2O. The summed E-state index contributed by atoms with van der Waals surface area (Å²) < 4.78 is 0. The van der Waals surface area contributed by atoms with Crippen molar-refractivity contribution in [2.75, 3.05) is 11.9 Å². The van der Waals surface area contributed by atoms with Crippen molar-refractivity contribution in [1.82, 2.24) is 5.32 Å². The Morgan fingerprint density at radius 2 is 1.95 bits per heavy atom. The van der Waals surface area contributed by atoms with Crippen molar-refractivity contribution in [2.45, 2.75) is 13.0 Å². The van der Waals surface area contributed by atoms with Crippen LogP contribution >= 0.6 is 23.2 Å². The number of nitrogens with one attached hydrogen (secondary N) is 2. The Morgan fingerprint density at radius 3 is 2.81 bits per heavy atom. The van der Waals surface area contributed by atoms with Crippen molar-refractivity contribution in [3.8, 4) is 0 Å². The largest absolute Gasteiger partial charge is 0.321 e. The first-order chi connectivity index (χ1) is 10.2. The third-order valence-electron chi connectivity index (χ3n) is 3.58. The third-order valence-corrected chi connectivity index (χ3v) is 4.40. The van der Waals surface area contributed by atoms with Gasteiger partial charge in [0.2, 0.25) is 0 Å². The second-order valence-electron chi connectivity index (χ2n) is 4.93. The quantitative estimate of drug-likeness (QED) is 0.881. The van der Waals surface area contributed by atoms with E-state index in [-0.39, 0.29) is 5.91 Å². The highest BCUT2D eigenvalue weighted by atomic mass is 35.5. The van der Waals surface area contributed by atoms with Crippen LogP contribution in [-0.4, -0.2) is 12.5 Å². The summed E-state index contributed by atoms with van der Waals surface area (Å²) in [5, 5.41) is 6.93. The van der Waals surface area contributed by atoms with Crippen LogP contribution in [0.25, 0.3) is 0 Å². The molecule has 1 aliphatic rings. The smallest absolute Gasteiger partial charge is 0.255 e. The summed E-state index contributed by atoms with van der Waals surface area (Å²) in [6.07, 6.45) is 0.849. The van der Waals surface area contributed by atoms with Crippen LogP contribution in [0.1, 0.15) is 21.5 Å². The standard InChI is InChI=1S/C16H14Cl2N2O/c17-13-5-2-6-14(15(13)18)20-16(21)12-4-1-3-10-9-19-8-7-11(10)12/h1-6,19H,7-9H2,(H,20,21). The number of hydrogen-bond acceptors (Lipinski definition) is 2. The third kappa shape index (κ3) is 2.91. The van der Waals surface area contributed by atoms with E-state index in [2.05, 4.69) is 10.6 Å². The lowest BCUT2D eigenvalue weighted by molar-refractivity contribution is 0.102. The lowest BCUT2D eigenvalue weighted by Crippen LogP contribution is -2.26. The number of amides is 1. The van der Waals surface area contributed by atoms with Gasteiger partial charge in [-0.1, -0.05) is 41.4 Å². The average Bonchev–Trinajstić information content (AvgIpc) is 2.51. The molecule has 0 fully saturated rings. The van der Waals surface area contributed by atoms with Gasteiger partial charge in [-0.2, -0.15) is 0 Å². The fourth-order valence-corrected chi connectivity index (χ4v) is 2.88. The minimum atomic E-state index is -0.155. The van der Waals surface area contributed by atoms with Crippen molar-refractivity contribution < 1.29 is 4.79 Å². The Labute approximate surface area is 133 Å². The molecule has 108 valence electrons.